The molecule has 0 fully saturated rings. The Bertz CT molecular complexity index is 754. The lowest BCUT2D eigenvalue weighted by Gasteiger charge is -2.07. The minimum Gasteiger partial charge on any atom is -0.344 e. The highest BCUT2D eigenvalue weighted by Gasteiger charge is 2.29. The summed E-state index contributed by atoms with van der Waals surface area (Å²) < 4.78 is 66.1. The molecule has 2 aromatic rings. The van der Waals surface area contributed by atoms with Crippen molar-refractivity contribution in [2.24, 2.45) is 7.05 Å². The monoisotopic (exact) mass is 429 g/mol. The molecule has 0 spiro atoms. The second kappa shape index (κ2) is 7.01. The summed E-state index contributed by atoms with van der Waals surface area (Å²) in [6, 6.07) is 3.15. The van der Waals surface area contributed by atoms with Crippen LogP contribution in [-0.2, 0) is 7.05 Å². The van der Waals surface area contributed by atoms with Crippen molar-refractivity contribution in [3.05, 3.63) is 46.2 Å². The van der Waals surface area contributed by atoms with Crippen LogP contribution in [0.5, 0.6) is 0 Å². The van der Waals surface area contributed by atoms with Crippen LogP contribution >= 0.6 is 27.9 Å². The van der Waals surface area contributed by atoms with Crippen LogP contribution in [0.15, 0.2) is 28.9 Å². The normalized spacial score (nSPS) is 11.5. The summed E-state index contributed by atoms with van der Waals surface area (Å²) >= 11 is 2.35. The van der Waals surface area contributed by atoms with Crippen molar-refractivity contribution >= 4 is 45.2 Å². The smallest absolute Gasteiger partial charge is 0.344 e. The largest absolute Gasteiger partial charge is 0.461 e. The Balaban J connectivity index is 2.14. The van der Waals surface area contributed by atoms with E-state index in [1.165, 1.54) is 23.9 Å². The maximum absolute atomic E-state index is 13.3. The van der Waals surface area contributed by atoms with E-state index in [0.717, 1.165) is 12.1 Å². The molecule has 1 aromatic carbocycles. The van der Waals surface area contributed by atoms with Gasteiger partial charge in [-0.15, -0.1) is 0 Å². The number of aromatic nitrogens is 1. The number of benzene rings is 1. The van der Waals surface area contributed by atoms with Crippen LogP contribution in [0.3, 0.4) is 0 Å². The maximum atomic E-state index is 13.3. The van der Waals surface area contributed by atoms with Crippen molar-refractivity contribution in [3.63, 3.8) is 0 Å². The summed E-state index contributed by atoms with van der Waals surface area (Å²) in [5, 5.41) is 2.34. The van der Waals surface area contributed by atoms with E-state index in [2.05, 4.69) is 26.0 Å². The molecule has 0 saturated heterocycles. The Morgan fingerprint density at radius 3 is 2.46 bits per heavy atom. The van der Waals surface area contributed by atoms with Gasteiger partial charge in [0.25, 0.3) is 5.91 Å². The fourth-order valence-electron chi connectivity index (χ4n) is 1.79. The number of halogens is 6. The molecular formula is C13H9BrF5N3OS. The molecule has 0 aliphatic carbocycles. The molecule has 2 N–H and O–H groups in total. The molecule has 0 atom stereocenters. The van der Waals surface area contributed by atoms with Crippen LogP contribution < -0.4 is 10.0 Å². The molecule has 4 nitrogen and oxygen atoms in total. The van der Waals surface area contributed by atoms with Crippen molar-refractivity contribution in [1.82, 2.24) is 4.57 Å². The van der Waals surface area contributed by atoms with Crippen molar-refractivity contribution in [2.45, 2.75) is 5.51 Å². The molecule has 0 bridgehead atoms. The van der Waals surface area contributed by atoms with Gasteiger partial charge in [0.15, 0.2) is 11.6 Å². The first-order valence-electron chi connectivity index (χ1n) is 6.20. The number of hydrogen-bond donors (Lipinski definition) is 2. The minimum absolute atomic E-state index is 0.00819. The lowest BCUT2D eigenvalue weighted by Crippen LogP contribution is -2.15. The van der Waals surface area contributed by atoms with E-state index in [9.17, 15) is 26.7 Å². The Labute approximate surface area is 145 Å². The van der Waals surface area contributed by atoms with Crippen LogP contribution in [0, 0.1) is 11.6 Å². The van der Waals surface area contributed by atoms with Gasteiger partial charge in [-0.2, -0.15) is 13.2 Å². The molecule has 0 aliphatic rings. The predicted octanol–water partition coefficient (Wildman–Crippen LogP) is 4.90. The number of hydrogen-bond acceptors (Lipinski definition) is 3. The topological polar surface area (TPSA) is 46.1 Å². The van der Waals surface area contributed by atoms with Gasteiger partial charge in [0.2, 0.25) is 0 Å². The molecule has 1 aromatic heterocycles. The summed E-state index contributed by atoms with van der Waals surface area (Å²) in [6.07, 6.45) is 1.29. The first kappa shape index (κ1) is 18.6. The van der Waals surface area contributed by atoms with E-state index in [1.807, 2.05) is 0 Å². The third kappa shape index (κ3) is 4.63. The van der Waals surface area contributed by atoms with E-state index in [4.69, 9.17) is 0 Å². The Morgan fingerprint density at radius 1 is 1.21 bits per heavy atom. The molecule has 0 saturated carbocycles. The van der Waals surface area contributed by atoms with Gasteiger partial charge in [-0.3, -0.25) is 4.79 Å². The first-order valence-corrected chi connectivity index (χ1v) is 7.81. The molecule has 24 heavy (non-hydrogen) atoms. The van der Waals surface area contributed by atoms with Gasteiger partial charge in [-0.1, -0.05) is 0 Å². The summed E-state index contributed by atoms with van der Waals surface area (Å²) in [7, 11) is 1.46. The molecule has 2 rings (SSSR count). The van der Waals surface area contributed by atoms with E-state index >= 15 is 0 Å². The van der Waals surface area contributed by atoms with Crippen LogP contribution in [0.25, 0.3) is 0 Å². The second-order valence-corrected chi connectivity index (χ2v) is 6.31. The molecule has 0 unspecified atom stereocenters. The molecule has 1 amide bonds. The highest BCUT2D eigenvalue weighted by molar-refractivity contribution is 9.10. The van der Waals surface area contributed by atoms with Crippen LogP contribution in [0.2, 0.25) is 0 Å². The van der Waals surface area contributed by atoms with Crippen molar-refractivity contribution < 1.29 is 26.7 Å². The summed E-state index contributed by atoms with van der Waals surface area (Å²) in [5.74, 6) is -2.95. The predicted molar refractivity (Wildman–Crippen MR) is 84.7 cm³/mol. The maximum Gasteiger partial charge on any atom is 0.461 e. The van der Waals surface area contributed by atoms with Gasteiger partial charge in [0.05, 0.1) is 22.1 Å². The average Bonchev–Trinajstić information content (AvgIpc) is 2.83. The van der Waals surface area contributed by atoms with Gasteiger partial charge in [0.1, 0.15) is 5.69 Å². The third-order valence-electron chi connectivity index (χ3n) is 2.76. The minimum atomic E-state index is -4.48. The Morgan fingerprint density at radius 2 is 1.88 bits per heavy atom. The Kier molecular flexibility index (Phi) is 5.43. The van der Waals surface area contributed by atoms with E-state index in [0.29, 0.717) is 0 Å². The average molecular weight is 430 g/mol. The lowest BCUT2D eigenvalue weighted by atomic mass is 10.3. The highest BCUT2D eigenvalue weighted by Crippen LogP contribution is 2.31. The second-order valence-electron chi connectivity index (χ2n) is 4.58. The summed E-state index contributed by atoms with van der Waals surface area (Å²) in [5.41, 5.74) is -4.39. The number of aryl methyl sites for hydroxylation is 1. The third-order valence-corrected chi connectivity index (χ3v) is 3.91. The first-order chi connectivity index (χ1) is 11.1. The van der Waals surface area contributed by atoms with Gasteiger partial charge < -0.3 is 14.6 Å². The summed E-state index contributed by atoms with van der Waals surface area (Å²) in [4.78, 5) is 12.1. The zero-order valence-corrected chi connectivity index (χ0v) is 14.2. The number of carbonyl (C=O) groups is 1. The molecule has 1 heterocycles. The SMILES string of the molecule is Cn1cc(NSC(F)(F)F)cc1C(=O)Nc1cc(F)c(F)c(Br)c1. The number of nitrogens with zero attached hydrogens (tertiary/aromatic N) is 1. The lowest BCUT2D eigenvalue weighted by molar-refractivity contribution is -0.0323. The number of carbonyl (C=O) groups excluding carboxylic acids is 1. The fourth-order valence-corrected chi connectivity index (χ4v) is 2.57. The van der Waals surface area contributed by atoms with Crippen molar-refractivity contribution in [3.8, 4) is 0 Å². The highest BCUT2D eigenvalue weighted by atomic mass is 79.9. The van der Waals surface area contributed by atoms with Crippen LogP contribution in [0.4, 0.5) is 33.3 Å². The van der Waals surface area contributed by atoms with Crippen LogP contribution in [0.1, 0.15) is 10.5 Å². The molecular weight excluding hydrogens is 421 g/mol. The number of nitrogens with one attached hydrogen (secondary N) is 2. The Hall–Kier alpha value is -1.75. The van der Waals surface area contributed by atoms with Gasteiger partial charge >= 0.3 is 5.51 Å². The van der Waals surface area contributed by atoms with Crippen molar-refractivity contribution in [2.75, 3.05) is 10.0 Å². The zero-order chi connectivity index (χ0) is 18.1. The fraction of sp³-hybridized carbons (Fsp3) is 0.154. The summed E-state index contributed by atoms with van der Waals surface area (Å²) in [6.45, 7) is 0. The zero-order valence-electron chi connectivity index (χ0n) is 11.8. The van der Waals surface area contributed by atoms with Crippen LogP contribution in [-0.4, -0.2) is 16.0 Å². The van der Waals surface area contributed by atoms with Gasteiger partial charge in [0, 0.05) is 25.0 Å². The molecule has 0 aliphatic heterocycles. The molecule has 130 valence electrons. The number of rotatable bonds is 4. The van der Waals surface area contributed by atoms with E-state index in [-0.39, 0.29) is 21.5 Å². The van der Waals surface area contributed by atoms with Gasteiger partial charge in [-0.25, -0.2) is 8.78 Å². The number of amides is 1. The van der Waals surface area contributed by atoms with E-state index in [1.54, 1.807) is 0 Å². The van der Waals surface area contributed by atoms with Crippen molar-refractivity contribution in [1.29, 1.82) is 0 Å². The van der Waals surface area contributed by atoms with E-state index < -0.39 is 35.0 Å². The molecule has 0 radical (unpaired) electrons. The standard InChI is InChI=1S/C13H9BrF5N3OS/c1-22-5-7(21-24-13(17,18)19)4-10(22)12(23)20-6-2-8(14)11(16)9(15)3-6/h2-5,21H,1H3,(H,20,23). The number of anilines is 2. The number of alkyl halides is 3. The van der Waals surface area contributed by atoms with Gasteiger partial charge in [-0.05, 0) is 28.1 Å². The quantitative estimate of drug-likeness (QED) is 0.412. The molecule has 11 heteroatoms.